The lowest BCUT2D eigenvalue weighted by Gasteiger charge is -2.26. The zero-order chi connectivity index (χ0) is 14.3. The summed E-state index contributed by atoms with van der Waals surface area (Å²) < 4.78 is 0. The van der Waals surface area contributed by atoms with Crippen LogP contribution in [0, 0.1) is 6.92 Å². The first-order chi connectivity index (χ1) is 9.59. The van der Waals surface area contributed by atoms with Gasteiger partial charge < -0.3 is 10.0 Å². The van der Waals surface area contributed by atoms with E-state index in [1.807, 2.05) is 6.92 Å². The van der Waals surface area contributed by atoms with E-state index in [2.05, 4.69) is 21.9 Å². The molecule has 2 aromatic rings. The number of rotatable bonds is 3. The van der Waals surface area contributed by atoms with Crippen molar-refractivity contribution in [2.24, 2.45) is 0 Å². The van der Waals surface area contributed by atoms with Crippen molar-refractivity contribution in [3.8, 4) is 0 Å². The Hall–Kier alpha value is -1.69. The number of aryl methyl sites for hydroxylation is 1. The third-order valence-corrected chi connectivity index (χ3v) is 5.30. The van der Waals surface area contributed by atoms with Crippen molar-refractivity contribution in [1.82, 2.24) is 9.97 Å². The Morgan fingerprint density at radius 3 is 2.75 bits per heavy atom. The highest BCUT2D eigenvalue weighted by atomic mass is 32.1. The van der Waals surface area contributed by atoms with Crippen LogP contribution in [0.3, 0.4) is 0 Å². The number of aromatic carboxylic acids is 1. The van der Waals surface area contributed by atoms with Crippen molar-refractivity contribution in [2.45, 2.75) is 38.6 Å². The molecule has 0 unspecified atom stereocenters. The highest BCUT2D eigenvalue weighted by Crippen LogP contribution is 2.36. The lowest BCUT2D eigenvalue weighted by atomic mass is 10.1. The molecule has 1 aliphatic carbocycles. The number of hydrogen-bond donors (Lipinski definition) is 1. The van der Waals surface area contributed by atoms with Crippen LogP contribution in [-0.2, 0) is 0 Å². The van der Waals surface area contributed by atoms with Crippen LogP contribution in [0.1, 0.15) is 40.9 Å². The van der Waals surface area contributed by atoms with E-state index in [1.165, 1.54) is 43.3 Å². The molecule has 0 saturated heterocycles. The highest BCUT2D eigenvalue weighted by molar-refractivity contribution is 7.20. The van der Waals surface area contributed by atoms with Crippen LogP contribution in [0.4, 0.5) is 5.82 Å². The maximum atomic E-state index is 11.3. The topological polar surface area (TPSA) is 66.3 Å². The predicted octanol–water partition coefficient (Wildman–Crippen LogP) is 3.08. The number of aromatic nitrogens is 2. The quantitative estimate of drug-likeness (QED) is 0.941. The van der Waals surface area contributed by atoms with Gasteiger partial charge in [-0.3, -0.25) is 0 Å². The summed E-state index contributed by atoms with van der Waals surface area (Å²) in [7, 11) is 2.05. The number of fused-ring (bicyclic) bond motifs is 1. The second-order valence-electron chi connectivity index (χ2n) is 5.29. The predicted molar refractivity (Wildman–Crippen MR) is 79.8 cm³/mol. The van der Waals surface area contributed by atoms with E-state index >= 15 is 0 Å². The van der Waals surface area contributed by atoms with Gasteiger partial charge in [0.15, 0.2) is 0 Å². The summed E-state index contributed by atoms with van der Waals surface area (Å²) in [4.78, 5) is 23.2. The number of anilines is 1. The Labute approximate surface area is 121 Å². The minimum absolute atomic E-state index is 0.363. The van der Waals surface area contributed by atoms with Crippen molar-refractivity contribution in [3.05, 3.63) is 16.8 Å². The minimum atomic E-state index is -0.889. The molecule has 2 heterocycles. The first-order valence-electron chi connectivity index (χ1n) is 6.80. The van der Waals surface area contributed by atoms with Crippen molar-refractivity contribution < 1.29 is 9.90 Å². The molecule has 0 bridgehead atoms. The summed E-state index contributed by atoms with van der Waals surface area (Å²) in [5, 5.41) is 10.1. The van der Waals surface area contributed by atoms with Crippen LogP contribution in [-0.4, -0.2) is 34.1 Å². The van der Waals surface area contributed by atoms with E-state index < -0.39 is 5.97 Å². The summed E-state index contributed by atoms with van der Waals surface area (Å²) in [6.07, 6.45) is 6.40. The van der Waals surface area contributed by atoms with Gasteiger partial charge in [0.25, 0.3) is 0 Å². The average Bonchev–Trinajstić information content (AvgIpc) is 3.06. The number of hydrogen-bond acceptors (Lipinski definition) is 5. The summed E-state index contributed by atoms with van der Waals surface area (Å²) >= 11 is 1.23. The maximum absolute atomic E-state index is 11.3. The molecule has 1 N–H and O–H groups in total. The van der Waals surface area contributed by atoms with Gasteiger partial charge in [-0.15, -0.1) is 11.3 Å². The number of carboxylic acids is 1. The largest absolute Gasteiger partial charge is 0.477 e. The SMILES string of the molecule is Cc1c(C(=O)O)sc2ncnc(N(C)C3CCCC3)c12. The molecule has 1 fully saturated rings. The van der Waals surface area contributed by atoms with E-state index in [0.717, 1.165) is 21.6 Å². The Kier molecular flexibility index (Phi) is 3.33. The molecular formula is C14H17N3O2S. The van der Waals surface area contributed by atoms with Gasteiger partial charge in [0.05, 0.1) is 5.39 Å². The molecule has 2 aromatic heterocycles. The van der Waals surface area contributed by atoms with Gasteiger partial charge in [-0.25, -0.2) is 14.8 Å². The fourth-order valence-corrected chi connectivity index (χ4v) is 3.97. The first kappa shape index (κ1) is 13.3. The second-order valence-corrected chi connectivity index (χ2v) is 6.29. The summed E-state index contributed by atoms with van der Waals surface area (Å²) in [5.41, 5.74) is 0.776. The van der Waals surface area contributed by atoms with Gasteiger partial charge in [0.2, 0.25) is 0 Å². The van der Waals surface area contributed by atoms with Crippen molar-refractivity contribution in [2.75, 3.05) is 11.9 Å². The molecule has 0 radical (unpaired) electrons. The van der Waals surface area contributed by atoms with Gasteiger partial charge in [-0.1, -0.05) is 12.8 Å². The molecule has 0 amide bonds. The average molecular weight is 291 g/mol. The Morgan fingerprint density at radius 2 is 2.10 bits per heavy atom. The third kappa shape index (κ3) is 2.04. The molecule has 20 heavy (non-hydrogen) atoms. The van der Waals surface area contributed by atoms with Crippen molar-refractivity contribution >= 4 is 33.3 Å². The van der Waals surface area contributed by atoms with Crippen LogP contribution in [0.5, 0.6) is 0 Å². The smallest absolute Gasteiger partial charge is 0.346 e. The number of nitrogens with zero attached hydrogens (tertiary/aromatic N) is 3. The Bertz CT molecular complexity index is 662. The van der Waals surface area contributed by atoms with Gasteiger partial charge in [0, 0.05) is 13.1 Å². The standard InChI is InChI=1S/C14H17N3O2S/c1-8-10-12(17(2)9-5-3-4-6-9)15-7-16-13(10)20-11(8)14(18)19/h7,9H,3-6H2,1-2H3,(H,18,19). The normalized spacial score (nSPS) is 15.9. The maximum Gasteiger partial charge on any atom is 0.346 e. The fourth-order valence-electron chi connectivity index (χ4n) is 2.99. The molecule has 0 aliphatic heterocycles. The van der Waals surface area contributed by atoms with Crippen LogP contribution in [0.2, 0.25) is 0 Å². The van der Waals surface area contributed by atoms with Crippen LogP contribution >= 0.6 is 11.3 Å². The molecule has 0 spiro atoms. The zero-order valence-corrected chi connectivity index (χ0v) is 12.4. The van der Waals surface area contributed by atoms with Crippen LogP contribution in [0.15, 0.2) is 6.33 Å². The lowest BCUT2D eigenvalue weighted by molar-refractivity contribution is 0.0701. The molecule has 3 rings (SSSR count). The molecule has 5 nitrogen and oxygen atoms in total. The first-order valence-corrected chi connectivity index (χ1v) is 7.61. The van der Waals surface area contributed by atoms with Gasteiger partial charge in [-0.2, -0.15) is 0 Å². The van der Waals surface area contributed by atoms with Gasteiger partial charge in [-0.05, 0) is 25.3 Å². The fraction of sp³-hybridized carbons (Fsp3) is 0.500. The van der Waals surface area contributed by atoms with Gasteiger partial charge >= 0.3 is 5.97 Å². The number of carboxylic acid groups (broad SMARTS) is 1. The Morgan fingerprint density at radius 1 is 1.40 bits per heavy atom. The molecule has 6 heteroatoms. The molecule has 0 aromatic carbocycles. The second kappa shape index (κ2) is 5.01. The van der Waals surface area contributed by atoms with E-state index in [1.54, 1.807) is 0 Å². The van der Waals surface area contributed by atoms with Crippen LogP contribution < -0.4 is 4.90 Å². The Balaban J connectivity index is 2.13. The van der Waals surface area contributed by atoms with E-state index in [0.29, 0.717) is 10.9 Å². The third-order valence-electron chi connectivity index (χ3n) is 4.11. The summed E-state index contributed by atoms with van der Waals surface area (Å²) in [5.74, 6) is -0.0249. The molecule has 1 aliphatic rings. The molecular weight excluding hydrogens is 274 g/mol. The molecule has 1 saturated carbocycles. The molecule has 106 valence electrons. The van der Waals surface area contributed by atoms with Crippen molar-refractivity contribution in [3.63, 3.8) is 0 Å². The number of carbonyl (C=O) groups is 1. The van der Waals surface area contributed by atoms with E-state index in [4.69, 9.17) is 0 Å². The van der Waals surface area contributed by atoms with E-state index in [-0.39, 0.29) is 0 Å². The van der Waals surface area contributed by atoms with Gasteiger partial charge in [0.1, 0.15) is 21.9 Å². The summed E-state index contributed by atoms with van der Waals surface area (Å²) in [6.45, 7) is 1.84. The molecule has 0 atom stereocenters. The number of thiophene rings is 1. The zero-order valence-electron chi connectivity index (χ0n) is 11.6. The highest BCUT2D eigenvalue weighted by Gasteiger charge is 2.25. The lowest BCUT2D eigenvalue weighted by Crippen LogP contribution is -2.29. The van der Waals surface area contributed by atoms with Crippen LogP contribution in [0.25, 0.3) is 10.2 Å². The summed E-state index contributed by atoms with van der Waals surface area (Å²) in [6, 6.07) is 0.501. The monoisotopic (exact) mass is 291 g/mol. The minimum Gasteiger partial charge on any atom is -0.477 e. The van der Waals surface area contributed by atoms with Crippen molar-refractivity contribution in [1.29, 1.82) is 0 Å². The van der Waals surface area contributed by atoms with E-state index in [9.17, 15) is 9.90 Å².